The van der Waals surface area contributed by atoms with Crippen molar-refractivity contribution >= 4 is 26.6 Å². The van der Waals surface area contributed by atoms with Gasteiger partial charge in [0.2, 0.25) is 10.0 Å². The molecule has 1 aliphatic heterocycles. The number of nitrogens with zero attached hydrogens (tertiary/aromatic N) is 4. The van der Waals surface area contributed by atoms with Gasteiger partial charge in [-0.2, -0.15) is 9.57 Å². The smallest absolute Gasteiger partial charge is 0.211 e. The Morgan fingerprint density at radius 2 is 1.91 bits per heavy atom. The summed E-state index contributed by atoms with van der Waals surface area (Å²) >= 11 is 0. The van der Waals surface area contributed by atoms with Crippen LogP contribution in [-0.4, -0.2) is 59.3 Å². The number of pyridine rings is 2. The first-order valence-corrected chi connectivity index (χ1v) is 11.8. The highest BCUT2D eigenvalue weighted by Crippen LogP contribution is 2.22. The fourth-order valence-corrected chi connectivity index (χ4v) is 4.43. The maximum atomic E-state index is 11.7. The van der Waals surface area contributed by atoms with Gasteiger partial charge in [0.05, 0.1) is 30.0 Å². The van der Waals surface area contributed by atoms with Crippen molar-refractivity contribution in [2.45, 2.75) is 18.6 Å². The first kappa shape index (κ1) is 21.7. The average molecular weight is 448 g/mol. The zero-order chi connectivity index (χ0) is 22.7. The van der Waals surface area contributed by atoms with Crippen molar-refractivity contribution in [2.75, 3.05) is 24.7 Å². The van der Waals surface area contributed by atoms with Gasteiger partial charge in [0, 0.05) is 41.8 Å². The Balaban J connectivity index is 1.57. The zero-order valence-corrected chi connectivity index (χ0v) is 18.2. The van der Waals surface area contributed by atoms with Crippen molar-refractivity contribution in [1.29, 1.82) is 5.26 Å². The molecule has 1 aliphatic rings. The molecule has 1 saturated heterocycles. The number of β-amino-alcohol motifs (C(OH)–C–C–N with tert-alkyl or cyclic N) is 1. The molecule has 0 unspecified atom stereocenters. The zero-order valence-electron chi connectivity index (χ0n) is 17.4. The quantitative estimate of drug-likeness (QED) is 0.587. The Hall–Kier alpha value is -3.50. The molecule has 8 nitrogen and oxygen atoms in total. The molecule has 2 aromatic heterocycles. The van der Waals surface area contributed by atoms with E-state index in [0.29, 0.717) is 30.0 Å². The molecule has 0 aliphatic carbocycles. The van der Waals surface area contributed by atoms with Crippen molar-refractivity contribution in [1.82, 2.24) is 14.3 Å². The number of aromatic nitrogens is 2. The van der Waals surface area contributed by atoms with Crippen LogP contribution in [-0.2, 0) is 10.0 Å². The lowest BCUT2D eigenvalue weighted by Crippen LogP contribution is -2.51. The summed E-state index contributed by atoms with van der Waals surface area (Å²) in [5.74, 6) is 6.71. The van der Waals surface area contributed by atoms with Crippen LogP contribution in [0, 0.1) is 23.2 Å². The van der Waals surface area contributed by atoms with E-state index in [4.69, 9.17) is 5.26 Å². The van der Waals surface area contributed by atoms with Crippen LogP contribution in [0.4, 0.5) is 5.82 Å². The van der Waals surface area contributed by atoms with Crippen molar-refractivity contribution in [3.63, 3.8) is 0 Å². The predicted molar refractivity (Wildman–Crippen MR) is 121 cm³/mol. The number of rotatable bonds is 3. The summed E-state index contributed by atoms with van der Waals surface area (Å²) in [4.78, 5) is 8.81. The lowest BCUT2D eigenvalue weighted by Gasteiger charge is -2.35. The molecule has 4 rings (SSSR count). The first-order valence-electron chi connectivity index (χ1n) is 10.00. The van der Waals surface area contributed by atoms with Crippen LogP contribution in [0.5, 0.6) is 0 Å². The number of aliphatic hydroxyl groups is 1. The summed E-state index contributed by atoms with van der Waals surface area (Å²) < 4.78 is 24.7. The number of piperidine rings is 1. The summed E-state index contributed by atoms with van der Waals surface area (Å²) in [7, 11) is -3.33. The molecule has 3 aromatic rings. The minimum atomic E-state index is -3.33. The van der Waals surface area contributed by atoms with Gasteiger partial charge in [-0.15, -0.1) is 0 Å². The molecule has 1 aromatic carbocycles. The van der Waals surface area contributed by atoms with Gasteiger partial charge in [-0.05, 0) is 48.7 Å². The van der Waals surface area contributed by atoms with E-state index < -0.39 is 16.1 Å². The molecule has 162 valence electrons. The van der Waals surface area contributed by atoms with Crippen molar-refractivity contribution in [3.05, 3.63) is 65.6 Å². The topological polar surface area (TPSA) is 119 Å². The summed E-state index contributed by atoms with van der Waals surface area (Å²) in [6.07, 6.45) is 4.15. The standard InChI is InChI=1S/C23H21N5O3S/c1-32(30,31)28-11-9-21(22(29)15-28)27-23-12-19-18(14-26-23)8-10-25-20(19)7-6-16-2-4-17(13-24)5-3-16/h2-5,8,10,12,14,21-22,29H,9,11,15H2,1H3,(H,26,27)/t21-,22+/m1/s1. The van der Waals surface area contributed by atoms with Crippen LogP contribution in [0.2, 0.25) is 0 Å². The van der Waals surface area contributed by atoms with Crippen LogP contribution in [0.25, 0.3) is 10.8 Å². The summed E-state index contributed by atoms with van der Waals surface area (Å²) in [5.41, 5.74) is 1.94. The Morgan fingerprint density at radius 1 is 1.16 bits per heavy atom. The molecule has 0 amide bonds. The van der Waals surface area contributed by atoms with E-state index in [9.17, 15) is 13.5 Å². The number of hydrogen-bond donors (Lipinski definition) is 2. The monoisotopic (exact) mass is 447 g/mol. The predicted octanol–water partition coefficient (Wildman–Crippen LogP) is 1.71. The highest BCUT2D eigenvalue weighted by molar-refractivity contribution is 7.88. The third-order valence-electron chi connectivity index (χ3n) is 5.33. The second-order valence-electron chi connectivity index (χ2n) is 7.62. The highest BCUT2D eigenvalue weighted by Gasteiger charge is 2.32. The molecule has 1 fully saturated rings. The minimum Gasteiger partial charge on any atom is -0.390 e. The Labute approximate surface area is 186 Å². The van der Waals surface area contributed by atoms with E-state index >= 15 is 0 Å². The number of sulfonamides is 1. The number of nitriles is 1. The van der Waals surface area contributed by atoms with Crippen LogP contribution in [0.15, 0.2) is 48.8 Å². The van der Waals surface area contributed by atoms with Crippen molar-refractivity contribution in [3.8, 4) is 17.9 Å². The van der Waals surface area contributed by atoms with Crippen LogP contribution in [0.1, 0.15) is 23.2 Å². The SMILES string of the molecule is CS(=O)(=O)N1CC[C@@H](Nc2cc3c(C#Cc4ccc(C#N)cc4)nccc3cn2)[C@@H](O)C1. The molecular formula is C23H21N5O3S. The maximum absolute atomic E-state index is 11.7. The molecular weight excluding hydrogens is 426 g/mol. The molecule has 9 heteroatoms. The Morgan fingerprint density at radius 3 is 2.59 bits per heavy atom. The van der Waals surface area contributed by atoms with Gasteiger partial charge in [-0.1, -0.05) is 5.92 Å². The van der Waals surface area contributed by atoms with Gasteiger partial charge in [-0.25, -0.2) is 18.4 Å². The number of benzene rings is 1. The van der Waals surface area contributed by atoms with Gasteiger partial charge in [-0.3, -0.25) is 0 Å². The minimum absolute atomic E-state index is 0.0486. The Kier molecular flexibility index (Phi) is 6.06. The van der Waals surface area contributed by atoms with E-state index in [1.54, 1.807) is 36.7 Å². The van der Waals surface area contributed by atoms with Gasteiger partial charge >= 0.3 is 0 Å². The summed E-state index contributed by atoms with van der Waals surface area (Å²) in [5, 5.41) is 24.2. The molecule has 3 heterocycles. The lowest BCUT2D eigenvalue weighted by atomic mass is 10.0. The van der Waals surface area contributed by atoms with Gasteiger partial charge in [0.1, 0.15) is 11.5 Å². The average Bonchev–Trinajstić information content (AvgIpc) is 2.78. The molecule has 2 atom stereocenters. The fourth-order valence-electron chi connectivity index (χ4n) is 3.57. The second-order valence-corrected chi connectivity index (χ2v) is 9.60. The lowest BCUT2D eigenvalue weighted by molar-refractivity contribution is 0.0952. The largest absolute Gasteiger partial charge is 0.390 e. The molecule has 0 spiro atoms. The van der Waals surface area contributed by atoms with E-state index in [0.717, 1.165) is 22.6 Å². The first-order chi connectivity index (χ1) is 15.3. The van der Waals surface area contributed by atoms with Crippen LogP contribution < -0.4 is 5.32 Å². The van der Waals surface area contributed by atoms with Crippen LogP contribution >= 0.6 is 0 Å². The second kappa shape index (κ2) is 8.93. The van der Waals surface area contributed by atoms with E-state index in [1.165, 1.54) is 4.31 Å². The fraction of sp³-hybridized carbons (Fsp3) is 0.261. The molecule has 2 N–H and O–H groups in total. The summed E-state index contributed by atoms with van der Waals surface area (Å²) in [6, 6.07) is 12.4. The molecule has 32 heavy (non-hydrogen) atoms. The van der Waals surface area contributed by atoms with Gasteiger partial charge < -0.3 is 10.4 Å². The van der Waals surface area contributed by atoms with E-state index in [-0.39, 0.29) is 12.6 Å². The summed E-state index contributed by atoms with van der Waals surface area (Å²) in [6.45, 7) is 0.386. The number of hydrogen-bond acceptors (Lipinski definition) is 7. The molecule has 0 saturated carbocycles. The third-order valence-corrected chi connectivity index (χ3v) is 6.60. The molecule has 0 bridgehead atoms. The maximum Gasteiger partial charge on any atom is 0.211 e. The molecule has 0 radical (unpaired) electrons. The van der Waals surface area contributed by atoms with Crippen molar-refractivity contribution in [2.24, 2.45) is 0 Å². The third kappa shape index (κ3) is 4.87. The number of aliphatic hydroxyl groups excluding tert-OH is 1. The number of fused-ring (bicyclic) bond motifs is 1. The van der Waals surface area contributed by atoms with Crippen LogP contribution in [0.3, 0.4) is 0 Å². The van der Waals surface area contributed by atoms with E-state index in [1.807, 2.05) is 12.1 Å². The van der Waals surface area contributed by atoms with Gasteiger partial charge in [0.25, 0.3) is 0 Å². The Bertz CT molecular complexity index is 1350. The van der Waals surface area contributed by atoms with Gasteiger partial charge in [0.15, 0.2) is 0 Å². The number of anilines is 1. The number of nitrogens with one attached hydrogen (secondary N) is 1. The highest BCUT2D eigenvalue weighted by atomic mass is 32.2. The van der Waals surface area contributed by atoms with Crippen molar-refractivity contribution < 1.29 is 13.5 Å². The van der Waals surface area contributed by atoms with E-state index in [2.05, 4.69) is 33.2 Å². The normalized spacial score (nSPS) is 19.0.